The molecular formula is C18H25NO3. The van der Waals surface area contributed by atoms with E-state index in [4.69, 9.17) is 4.74 Å². The molecule has 0 aliphatic heterocycles. The fraction of sp³-hybridized carbons (Fsp3) is 0.556. The smallest absolute Gasteiger partial charge is 0.337 e. The molecule has 1 aromatic carbocycles. The van der Waals surface area contributed by atoms with Gasteiger partial charge < -0.3 is 10.1 Å². The van der Waals surface area contributed by atoms with Crippen LogP contribution in [-0.4, -0.2) is 25.0 Å². The molecule has 1 fully saturated rings. The standard InChI is InChI=1S/C18H25NO3/c1-13(11-17(20)19-16-9-4-3-5-10-16)14-7-6-8-15(12-14)18(21)22-2/h6-8,12-13,16H,3-5,9-11H2,1-2H3,(H,19,20). The number of benzene rings is 1. The maximum atomic E-state index is 12.2. The molecular weight excluding hydrogens is 278 g/mol. The van der Waals surface area contributed by atoms with E-state index in [-0.39, 0.29) is 17.8 Å². The average molecular weight is 303 g/mol. The minimum Gasteiger partial charge on any atom is -0.465 e. The Bertz CT molecular complexity index is 521. The Kier molecular flexibility index (Phi) is 5.99. The van der Waals surface area contributed by atoms with E-state index in [1.165, 1.54) is 26.4 Å². The van der Waals surface area contributed by atoms with Crippen LogP contribution >= 0.6 is 0 Å². The van der Waals surface area contributed by atoms with Gasteiger partial charge in [0.1, 0.15) is 0 Å². The van der Waals surface area contributed by atoms with Crippen LogP contribution in [0.25, 0.3) is 0 Å². The first-order chi connectivity index (χ1) is 10.6. The summed E-state index contributed by atoms with van der Waals surface area (Å²) in [7, 11) is 1.37. The highest BCUT2D eigenvalue weighted by molar-refractivity contribution is 5.89. The minimum atomic E-state index is -0.347. The predicted octanol–water partition coefficient (Wildman–Crippen LogP) is 3.42. The van der Waals surface area contributed by atoms with Crippen molar-refractivity contribution in [3.8, 4) is 0 Å². The van der Waals surface area contributed by atoms with Gasteiger partial charge >= 0.3 is 5.97 Å². The van der Waals surface area contributed by atoms with E-state index in [2.05, 4.69) is 5.32 Å². The monoisotopic (exact) mass is 303 g/mol. The molecule has 1 aliphatic carbocycles. The highest BCUT2D eigenvalue weighted by Gasteiger charge is 2.18. The van der Waals surface area contributed by atoms with Crippen LogP contribution < -0.4 is 5.32 Å². The number of amides is 1. The van der Waals surface area contributed by atoms with E-state index in [0.29, 0.717) is 18.0 Å². The van der Waals surface area contributed by atoms with Crippen LogP contribution in [0.1, 0.15) is 67.3 Å². The normalized spacial score (nSPS) is 16.8. The molecule has 1 aromatic rings. The Labute approximate surface area is 132 Å². The zero-order valence-electron chi connectivity index (χ0n) is 13.4. The van der Waals surface area contributed by atoms with Gasteiger partial charge in [0.2, 0.25) is 5.91 Å². The van der Waals surface area contributed by atoms with E-state index in [1.54, 1.807) is 6.07 Å². The molecule has 1 unspecified atom stereocenters. The molecule has 1 N–H and O–H groups in total. The van der Waals surface area contributed by atoms with Crippen LogP contribution in [0.15, 0.2) is 24.3 Å². The average Bonchev–Trinajstić information content (AvgIpc) is 2.55. The summed E-state index contributed by atoms with van der Waals surface area (Å²) < 4.78 is 4.73. The molecule has 0 bridgehead atoms. The lowest BCUT2D eigenvalue weighted by atomic mass is 9.93. The number of carbonyl (C=O) groups excluding carboxylic acids is 2. The molecule has 1 saturated carbocycles. The number of nitrogens with one attached hydrogen (secondary N) is 1. The molecule has 2 rings (SSSR count). The molecule has 120 valence electrons. The third-order valence-corrected chi connectivity index (χ3v) is 4.34. The minimum absolute atomic E-state index is 0.0770. The lowest BCUT2D eigenvalue weighted by Crippen LogP contribution is -2.36. The van der Waals surface area contributed by atoms with Gasteiger partial charge in [0, 0.05) is 12.5 Å². The largest absolute Gasteiger partial charge is 0.465 e. The number of esters is 1. The maximum Gasteiger partial charge on any atom is 0.337 e. The summed E-state index contributed by atoms with van der Waals surface area (Å²) in [6, 6.07) is 7.66. The van der Waals surface area contributed by atoms with Crippen molar-refractivity contribution in [3.63, 3.8) is 0 Å². The summed E-state index contributed by atoms with van der Waals surface area (Å²) in [6.07, 6.45) is 6.34. The number of methoxy groups -OCH3 is 1. The molecule has 4 heteroatoms. The number of hydrogen-bond donors (Lipinski definition) is 1. The SMILES string of the molecule is COC(=O)c1cccc(C(C)CC(=O)NC2CCCCC2)c1. The lowest BCUT2D eigenvalue weighted by molar-refractivity contribution is -0.122. The fourth-order valence-electron chi connectivity index (χ4n) is 3.02. The van der Waals surface area contributed by atoms with Gasteiger partial charge in [-0.1, -0.05) is 38.3 Å². The number of rotatable bonds is 5. The van der Waals surface area contributed by atoms with Gasteiger partial charge in [-0.2, -0.15) is 0 Å². The molecule has 1 atom stereocenters. The summed E-state index contributed by atoms with van der Waals surface area (Å²) in [5.41, 5.74) is 1.52. The van der Waals surface area contributed by atoms with Gasteiger partial charge in [0.05, 0.1) is 12.7 Å². The summed E-state index contributed by atoms with van der Waals surface area (Å²) in [6.45, 7) is 2.01. The second-order valence-electron chi connectivity index (χ2n) is 6.12. The van der Waals surface area contributed by atoms with Gasteiger partial charge in [0.25, 0.3) is 0 Å². The summed E-state index contributed by atoms with van der Waals surface area (Å²) in [4.78, 5) is 23.7. The van der Waals surface area contributed by atoms with Crippen molar-refractivity contribution in [1.29, 1.82) is 0 Å². The highest BCUT2D eigenvalue weighted by Crippen LogP contribution is 2.22. The summed E-state index contributed by atoms with van der Waals surface area (Å²) in [5, 5.41) is 3.14. The summed E-state index contributed by atoms with van der Waals surface area (Å²) >= 11 is 0. The Balaban J connectivity index is 1.92. The Hall–Kier alpha value is -1.84. The first-order valence-electron chi connectivity index (χ1n) is 8.07. The predicted molar refractivity (Wildman–Crippen MR) is 85.8 cm³/mol. The van der Waals surface area contributed by atoms with Crippen molar-refractivity contribution in [2.45, 2.75) is 57.4 Å². The van der Waals surface area contributed by atoms with Crippen molar-refractivity contribution < 1.29 is 14.3 Å². The van der Waals surface area contributed by atoms with Gasteiger partial charge in [-0.3, -0.25) is 4.79 Å². The molecule has 1 amide bonds. The van der Waals surface area contributed by atoms with Crippen LogP contribution in [0.2, 0.25) is 0 Å². The van der Waals surface area contributed by atoms with E-state index in [9.17, 15) is 9.59 Å². The quantitative estimate of drug-likeness (QED) is 0.848. The van der Waals surface area contributed by atoms with Crippen molar-refractivity contribution >= 4 is 11.9 Å². The Morgan fingerprint density at radius 3 is 2.68 bits per heavy atom. The van der Waals surface area contributed by atoms with Crippen molar-refractivity contribution in [2.75, 3.05) is 7.11 Å². The number of carbonyl (C=O) groups is 2. The van der Waals surface area contributed by atoms with Gasteiger partial charge in [0.15, 0.2) is 0 Å². The number of ether oxygens (including phenoxy) is 1. The van der Waals surface area contributed by atoms with Gasteiger partial charge in [-0.05, 0) is 36.5 Å². The zero-order valence-corrected chi connectivity index (χ0v) is 13.4. The first kappa shape index (κ1) is 16.5. The molecule has 4 nitrogen and oxygen atoms in total. The Morgan fingerprint density at radius 2 is 2.00 bits per heavy atom. The fourth-order valence-corrected chi connectivity index (χ4v) is 3.02. The van der Waals surface area contributed by atoms with Crippen molar-refractivity contribution in [1.82, 2.24) is 5.32 Å². The van der Waals surface area contributed by atoms with Crippen LogP contribution in [0.4, 0.5) is 0 Å². The van der Waals surface area contributed by atoms with Gasteiger partial charge in [-0.25, -0.2) is 4.79 Å². The Morgan fingerprint density at radius 1 is 1.27 bits per heavy atom. The van der Waals surface area contributed by atoms with E-state index < -0.39 is 0 Å². The van der Waals surface area contributed by atoms with Crippen LogP contribution in [0.5, 0.6) is 0 Å². The molecule has 1 aliphatic rings. The third kappa shape index (κ3) is 4.58. The highest BCUT2D eigenvalue weighted by atomic mass is 16.5. The first-order valence-corrected chi connectivity index (χ1v) is 8.07. The molecule has 0 radical (unpaired) electrons. The topological polar surface area (TPSA) is 55.4 Å². The third-order valence-electron chi connectivity index (χ3n) is 4.34. The lowest BCUT2D eigenvalue weighted by Gasteiger charge is -2.23. The van der Waals surface area contributed by atoms with E-state index in [1.807, 2.05) is 25.1 Å². The van der Waals surface area contributed by atoms with Crippen LogP contribution in [-0.2, 0) is 9.53 Å². The molecule has 22 heavy (non-hydrogen) atoms. The number of hydrogen-bond acceptors (Lipinski definition) is 3. The van der Waals surface area contributed by atoms with E-state index in [0.717, 1.165) is 18.4 Å². The molecule has 0 aromatic heterocycles. The van der Waals surface area contributed by atoms with Crippen LogP contribution in [0, 0.1) is 0 Å². The zero-order chi connectivity index (χ0) is 15.9. The summed E-state index contributed by atoms with van der Waals surface area (Å²) in [5.74, 6) is -0.170. The molecule has 0 heterocycles. The molecule has 0 saturated heterocycles. The molecule has 0 spiro atoms. The second kappa shape index (κ2) is 7.97. The van der Waals surface area contributed by atoms with E-state index >= 15 is 0 Å². The second-order valence-corrected chi connectivity index (χ2v) is 6.12. The van der Waals surface area contributed by atoms with Crippen LogP contribution in [0.3, 0.4) is 0 Å². The van der Waals surface area contributed by atoms with Crippen molar-refractivity contribution in [2.24, 2.45) is 0 Å². The maximum absolute atomic E-state index is 12.2. The van der Waals surface area contributed by atoms with Crippen molar-refractivity contribution in [3.05, 3.63) is 35.4 Å². The van der Waals surface area contributed by atoms with Gasteiger partial charge in [-0.15, -0.1) is 0 Å².